The standard InChI is InChI=1S/C13H16F3NO3/c1-17(7-6-12(18)19)8-10-4-2-3-5-11(10)20-9-13(14,15)16/h2-5H,6-9H2,1H3,(H,18,19). The van der Waals surface area contributed by atoms with Crippen LogP contribution in [0.1, 0.15) is 12.0 Å². The van der Waals surface area contributed by atoms with Crippen molar-refractivity contribution in [3.63, 3.8) is 0 Å². The highest BCUT2D eigenvalue weighted by molar-refractivity contribution is 5.66. The van der Waals surface area contributed by atoms with Crippen LogP contribution in [0.15, 0.2) is 24.3 Å². The minimum atomic E-state index is -4.39. The van der Waals surface area contributed by atoms with Crippen LogP contribution in [0, 0.1) is 0 Å². The number of carbonyl (C=O) groups is 1. The Bertz CT molecular complexity index is 449. The fraction of sp³-hybridized carbons (Fsp3) is 0.462. The molecule has 20 heavy (non-hydrogen) atoms. The van der Waals surface area contributed by atoms with Crippen LogP contribution < -0.4 is 4.74 Å². The number of hydrogen-bond donors (Lipinski definition) is 1. The molecule has 7 heteroatoms. The van der Waals surface area contributed by atoms with Crippen molar-refractivity contribution < 1.29 is 27.8 Å². The number of hydrogen-bond acceptors (Lipinski definition) is 3. The summed E-state index contributed by atoms with van der Waals surface area (Å²) in [6.07, 6.45) is -4.41. The Kier molecular flexibility index (Phi) is 5.82. The first-order chi connectivity index (χ1) is 9.28. The van der Waals surface area contributed by atoms with Crippen molar-refractivity contribution in [3.8, 4) is 5.75 Å². The summed E-state index contributed by atoms with van der Waals surface area (Å²) in [4.78, 5) is 12.2. The number of carboxylic acid groups (broad SMARTS) is 1. The monoisotopic (exact) mass is 291 g/mol. The highest BCUT2D eigenvalue weighted by Gasteiger charge is 2.28. The predicted molar refractivity (Wildman–Crippen MR) is 66.6 cm³/mol. The number of nitrogens with zero attached hydrogens (tertiary/aromatic N) is 1. The molecule has 0 unspecified atom stereocenters. The van der Waals surface area contributed by atoms with E-state index in [1.807, 2.05) is 0 Å². The number of halogens is 3. The molecule has 0 saturated heterocycles. The van der Waals surface area contributed by atoms with Crippen molar-refractivity contribution >= 4 is 5.97 Å². The van der Waals surface area contributed by atoms with Gasteiger partial charge in [-0.25, -0.2) is 0 Å². The Labute approximate surface area is 114 Å². The Hall–Kier alpha value is -1.76. The van der Waals surface area contributed by atoms with Crippen LogP contribution in [0.2, 0.25) is 0 Å². The second-order valence-electron chi connectivity index (χ2n) is 4.39. The SMILES string of the molecule is CN(CCC(=O)O)Cc1ccccc1OCC(F)(F)F. The number of ether oxygens (including phenoxy) is 1. The van der Waals surface area contributed by atoms with Crippen LogP contribution in [-0.4, -0.2) is 42.4 Å². The van der Waals surface area contributed by atoms with Gasteiger partial charge in [-0.15, -0.1) is 0 Å². The van der Waals surface area contributed by atoms with Gasteiger partial charge in [0, 0.05) is 18.7 Å². The maximum Gasteiger partial charge on any atom is 0.422 e. The number of aliphatic carboxylic acids is 1. The van der Waals surface area contributed by atoms with Gasteiger partial charge in [0.2, 0.25) is 0 Å². The van der Waals surface area contributed by atoms with E-state index in [9.17, 15) is 18.0 Å². The number of carboxylic acids is 1. The van der Waals surface area contributed by atoms with Crippen LogP contribution >= 0.6 is 0 Å². The van der Waals surface area contributed by atoms with Gasteiger partial charge in [-0.3, -0.25) is 4.79 Å². The lowest BCUT2D eigenvalue weighted by Gasteiger charge is -2.18. The average molecular weight is 291 g/mol. The zero-order chi connectivity index (χ0) is 15.2. The molecule has 0 atom stereocenters. The van der Waals surface area contributed by atoms with E-state index in [1.165, 1.54) is 6.07 Å². The zero-order valence-corrected chi connectivity index (χ0v) is 11.0. The maximum atomic E-state index is 12.1. The minimum absolute atomic E-state index is 0.0257. The summed E-state index contributed by atoms with van der Waals surface area (Å²) in [7, 11) is 1.70. The second kappa shape index (κ2) is 7.14. The number of para-hydroxylation sites is 1. The molecule has 0 aromatic heterocycles. The van der Waals surface area contributed by atoms with Crippen molar-refractivity contribution in [1.82, 2.24) is 4.90 Å². The van der Waals surface area contributed by atoms with E-state index in [4.69, 9.17) is 9.84 Å². The first kappa shape index (κ1) is 16.3. The first-order valence-electron chi connectivity index (χ1n) is 5.96. The van der Waals surface area contributed by atoms with E-state index in [2.05, 4.69) is 0 Å². The van der Waals surface area contributed by atoms with Gasteiger partial charge in [0.05, 0.1) is 6.42 Å². The molecule has 1 rings (SSSR count). The number of alkyl halides is 3. The first-order valence-corrected chi connectivity index (χ1v) is 5.96. The Morgan fingerprint density at radius 3 is 2.60 bits per heavy atom. The van der Waals surface area contributed by atoms with E-state index >= 15 is 0 Å². The summed E-state index contributed by atoms with van der Waals surface area (Å²) >= 11 is 0. The fourth-order valence-electron chi connectivity index (χ4n) is 1.59. The smallest absolute Gasteiger partial charge is 0.422 e. The predicted octanol–water partition coefficient (Wildman–Crippen LogP) is 2.53. The van der Waals surface area contributed by atoms with Crippen molar-refractivity contribution in [3.05, 3.63) is 29.8 Å². The summed E-state index contributed by atoms with van der Waals surface area (Å²) in [5.41, 5.74) is 0.588. The molecule has 0 aliphatic heterocycles. The summed E-state index contributed by atoms with van der Waals surface area (Å²) in [6, 6.07) is 6.41. The molecule has 0 saturated carbocycles. The van der Waals surface area contributed by atoms with Crippen molar-refractivity contribution in [2.24, 2.45) is 0 Å². The van der Waals surface area contributed by atoms with Crippen LogP contribution in [-0.2, 0) is 11.3 Å². The van der Waals surface area contributed by atoms with Gasteiger partial charge in [-0.2, -0.15) is 13.2 Å². The van der Waals surface area contributed by atoms with E-state index in [1.54, 1.807) is 30.1 Å². The van der Waals surface area contributed by atoms with Gasteiger partial charge in [-0.1, -0.05) is 18.2 Å². The highest BCUT2D eigenvalue weighted by Crippen LogP contribution is 2.23. The molecule has 1 aromatic rings. The number of rotatable bonds is 7. The van der Waals surface area contributed by atoms with Crippen LogP contribution in [0.4, 0.5) is 13.2 Å². The van der Waals surface area contributed by atoms with E-state index < -0.39 is 18.8 Å². The van der Waals surface area contributed by atoms with Crippen LogP contribution in [0.5, 0.6) is 5.75 Å². The molecule has 0 aliphatic carbocycles. The highest BCUT2D eigenvalue weighted by atomic mass is 19.4. The molecular formula is C13H16F3NO3. The molecule has 112 valence electrons. The molecule has 1 N–H and O–H groups in total. The normalized spacial score (nSPS) is 11.7. The Balaban J connectivity index is 2.63. The van der Waals surface area contributed by atoms with Crippen molar-refractivity contribution in [2.75, 3.05) is 20.2 Å². The molecule has 4 nitrogen and oxygen atoms in total. The third kappa shape index (κ3) is 6.42. The largest absolute Gasteiger partial charge is 0.484 e. The van der Waals surface area contributed by atoms with Gasteiger partial charge < -0.3 is 14.7 Å². The quantitative estimate of drug-likeness (QED) is 0.838. The molecule has 0 fully saturated rings. The van der Waals surface area contributed by atoms with Gasteiger partial charge in [0.15, 0.2) is 6.61 Å². The molecule has 1 aromatic carbocycles. The average Bonchev–Trinajstić information content (AvgIpc) is 2.34. The van der Waals surface area contributed by atoms with Crippen molar-refractivity contribution in [1.29, 1.82) is 0 Å². The molecule has 0 bridgehead atoms. The maximum absolute atomic E-state index is 12.1. The second-order valence-corrected chi connectivity index (χ2v) is 4.39. The van der Waals surface area contributed by atoms with Gasteiger partial charge in [0.1, 0.15) is 5.75 Å². The molecule has 0 heterocycles. The lowest BCUT2D eigenvalue weighted by Crippen LogP contribution is -2.23. The molecule has 0 spiro atoms. The topological polar surface area (TPSA) is 49.8 Å². The third-order valence-electron chi connectivity index (χ3n) is 2.51. The summed E-state index contributed by atoms with van der Waals surface area (Å²) < 4.78 is 41.2. The Morgan fingerprint density at radius 1 is 1.35 bits per heavy atom. The van der Waals surface area contributed by atoms with Crippen molar-refractivity contribution in [2.45, 2.75) is 19.1 Å². The van der Waals surface area contributed by atoms with Gasteiger partial charge >= 0.3 is 12.1 Å². The van der Waals surface area contributed by atoms with E-state index in [-0.39, 0.29) is 12.2 Å². The molecule has 0 radical (unpaired) electrons. The molecule has 0 aliphatic rings. The fourth-order valence-corrected chi connectivity index (χ4v) is 1.59. The molecule has 0 amide bonds. The summed E-state index contributed by atoms with van der Waals surface area (Å²) in [6.45, 7) is -0.715. The zero-order valence-electron chi connectivity index (χ0n) is 11.0. The van der Waals surface area contributed by atoms with E-state index in [0.717, 1.165) is 0 Å². The Morgan fingerprint density at radius 2 is 2.00 bits per heavy atom. The third-order valence-corrected chi connectivity index (χ3v) is 2.51. The lowest BCUT2D eigenvalue weighted by atomic mass is 10.2. The molecular weight excluding hydrogens is 275 g/mol. The summed E-state index contributed by atoms with van der Waals surface area (Å²) in [5, 5.41) is 8.58. The lowest BCUT2D eigenvalue weighted by molar-refractivity contribution is -0.153. The summed E-state index contributed by atoms with van der Waals surface area (Å²) in [5.74, 6) is -0.759. The van der Waals surface area contributed by atoms with Gasteiger partial charge in [0.25, 0.3) is 0 Å². The number of benzene rings is 1. The minimum Gasteiger partial charge on any atom is -0.484 e. The van der Waals surface area contributed by atoms with E-state index in [0.29, 0.717) is 18.7 Å². The van der Waals surface area contributed by atoms with Gasteiger partial charge in [-0.05, 0) is 13.1 Å². The van der Waals surface area contributed by atoms with Crippen LogP contribution in [0.25, 0.3) is 0 Å². The van der Waals surface area contributed by atoms with Crippen LogP contribution in [0.3, 0.4) is 0 Å².